The lowest BCUT2D eigenvalue weighted by Crippen LogP contribution is -2.48. The maximum absolute atomic E-state index is 13.0. The van der Waals surface area contributed by atoms with Crippen molar-refractivity contribution in [3.05, 3.63) is 87.4 Å². The van der Waals surface area contributed by atoms with Crippen molar-refractivity contribution in [1.82, 2.24) is 19.8 Å². The molecule has 0 unspecified atom stereocenters. The highest BCUT2D eigenvalue weighted by atomic mass is 35.5. The Bertz CT molecular complexity index is 1830. The van der Waals surface area contributed by atoms with Crippen LogP contribution in [0, 0.1) is 0 Å². The highest BCUT2D eigenvalue weighted by Gasteiger charge is 2.21. The Morgan fingerprint density at radius 3 is 2.54 bits per heavy atom. The van der Waals surface area contributed by atoms with Gasteiger partial charge in [-0.3, -0.25) is 14.7 Å². The first-order chi connectivity index (χ1) is 19.7. The minimum atomic E-state index is -0.554. The third kappa shape index (κ3) is 5.49. The lowest BCUT2D eigenvalue weighted by atomic mass is 10.0. The lowest BCUT2D eigenvalue weighted by Gasteiger charge is -2.32. The van der Waals surface area contributed by atoms with Crippen molar-refractivity contribution in [2.45, 2.75) is 0 Å². The maximum atomic E-state index is 13.0. The van der Waals surface area contributed by atoms with Gasteiger partial charge in [0.1, 0.15) is 0 Å². The van der Waals surface area contributed by atoms with Crippen LogP contribution in [0.2, 0.25) is 5.02 Å². The van der Waals surface area contributed by atoms with Crippen LogP contribution in [0.4, 0.5) is 11.4 Å². The van der Waals surface area contributed by atoms with Crippen LogP contribution in [0.5, 0.6) is 5.88 Å². The third-order valence-electron chi connectivity index (χ3n) is 7.48. The van der Waals surface area contributed by atoms with Gasteiger partial charge < -0.3 is 24.3 Å². The molecule has 0 bridgehead atoms. The number of aromatic nitrogens is 2. The van der Waals surface area contributed by atoms with Crippen molar-refractivity contribution in [2.24, 2.45) is 4.99 Å². The number of anilines is 1. The van der Waals surface area contributed by atoms with Gasteiger partial charge in [-0.2, -0.15) is 0 Å². The molecule has 6 rings (SSSR count). The van der Waals surface area contributed by atoms with E-state index in [1.165, 1.54) is 0 Å². The zero-order valence-corrected chi connectivity index (χ0v) is 23.4. The van der Waals surface area contributed by atoms with Crippen molar-refractivity contribution < 1.29 is 14.3 Å². The van der Waals surface area contributed by atoms with E-state index in [1.807, 2.05) is 30.3 Å². The van der Waals surface area contributed by atoms with Gasteiger partial charge >= 0.3 is 5.76 Å². The summed E-state index contributed by atoms with van der Waals surface area (Å²) in [4.78, 5) is 41.4. The molecule has 0 radical (unpaired) electrons. The van der Waals surface area contributed by atoms with E-state index in [1.54, 1.807) is 42.3 Å². The van der Waals surface area contributed by atoms with Gasteiger partial charge in [-0.25, -0.2) is 9.79 Å². The number of hydrogen-bond donors (Lipinski definition) is 3. The number of hydrogen-bond acceptors (Lipinski definition) is 7. The number of fused-ring (bicyclic) bond motifs is 2. The third-order valence-corrected chi connectivity index (χ3v) is 7.71. The smallest absolute Gasteiger partial charge is 0.417 e. The van der Waals surface area contributed by atoms with Crippen molar-refractivity contribution in [2.75, 3.05) is 51.7 Å². The molecule has 11 heteroatoms. The number of amides is 1. The number of rotatable bonds is 6. The Hall–Kier alpha value is -4.38. The first-order valence-corrected chi connectivity index (χ1v) is 13.6. The molecule has 0 saturated carbocycles. The van der Waals surface area contributed by atoms with Gasteiger partial charge in [0.05, 0.1) is 34.5 Å². The second kappa shape index (κ2) is 10.9. The average molecular weight is 573 g/mol. The molecular weight excluding hydrogens is 544 g/mol. The van der Waals surface area contributed by atoms with E-state index in [9.17, 15) is 14.7 Å². The van der Waals surface area contributed by atoms with E-state index in [4.69, 9.17) is 21.0 Å². The predicted molar refractivity (Wildman–Crippen MR) is 161 cm³/mol. The standard InChI is InChI=1S/C30H29ClN6O4/c1-35-11-13-37(14-12-35)17-26(38)36(2)21-7-5-20(6-8-21)32-28(18-3-10-25-24(15-18)34-30(40)41-25)27-22-9-4-19(31)16-23(22)33-29(27)39/h3-10,15-16,33,39H,11-14,17H2,1-2H3,(H,34,40). The van der Waals surface area contributed by atoms with Crippen molar-refractivity contribution >= 4 is 56.6 Å². The summed E-state index contributed by atoms with van der Waals surface area (Å²) in [5.41, 5.74) is 4.59. The molecule has 2 aromatic heterocycles. The zero-order chi connectivity index (χ0) is 28.7. The minimum absolute atomic E-state index is 0.0243. The van der Waals surface area contributed by atoms with Crippen LogP contribution < -0.4 is 10.7 Å². The van der Waals surface area contributed by atoms with E-state index in [2.05, 4.69) is 26.8 Å². The Labute approximate surface area is 240 Å². The average Bonchev–Trinajstić information content (AvgIpc) is 3.49. The normalized spacial score (nSPS) is 15.1. The zero-order valence-electron chi connectivity index (χ0n) is 22.6. The quantitative estimate of drug-likeness (QED) is 0.260. The maximum Gasteiger partial charge on any atom is 0.417 e. The van der Waals surface area contributed by atoms with Crippen LogP contribution >= 0.6 is 11.6 Å². The number of aromatic hydroxyl groups is 1. The van der Waals surface area contributed by atoms with E-state index < -0.39 is 5.76 Å². The number of carbonyl (C=O) groups is 1. The largest absolute Gasteiger partial charge is 0.494 e. The molecule has 1 saturated heterocycles. The second-order valence-corrected chi connectivity index (χ2v) is 10.7. The number of H-pyrrole nitrogens is 2. The number of carbonyl (C=O) groups excluding carboxylic acids is 1. The molecule has 0 atom stereocenters. The number of piperazine rings is 1. The first-order valence-electron chi connectivity index (χ1n) is 13.3. The van der Waals surface area contributed by atoms with Gasteiger partial charge in [0, 0.05) is 54.9 Å². The van der Waals surface area contributed by atoms with Crippen molar-refractivity contribution in [1.29, 1.82) is 0 Å². The van der Waals surface area contributed by atoms with Gasteiger partial charge in [-0.05, 0) is 61.6 Å². The van der Waals surface area contributed by atoms with Crippen LogP contribution in [0.3, 0.4) is 0 Å². The molecule has 41 heavy (non-hydrogen) atoms. The number of halogens is 1. The predicted octanol–water partition coefficient (Wildman–Crippen LogP) is 4.34. The number of nitrogens with zero attached hydrogens (tertiary/aromatic N) is 4. The molecule has 1 aliphatic rings. The van der Waals surface area contributed by atoms with E-state index in [0.29, 0.717) is 50.7 Å². The van der Waals surface area contributed by atoms with Crippen molar-refractivity contribution in [3.8, 4) is 5.88 Å². The van der Waals surface area contributed by atoms with Crippen molar-refractivity contribution in [3.63, 3.8) is 0 Å². The summed E-state index contributed by atoms with van der Waals surface area (Å²) in [6, 6.07) is 17.9. The fourth-order valence-electron chi connectivity index (χ4n) is 5.09. The fraction of sp³-hybridized carbons (Fsp3) is 0.233. The monoisotopic (exact) mass is 572 g/mol. The molecule has 1 amide bonds. The molecule has 1 fully saturated rings. The molecule has 5 aromatic rings. The van der Waals surface area contributed by atoms with Crippen LogP contribution in [0.1, 0.15) is 11.1 Å². The summed E-state index contributed by atoms with van der Waals surface area (Å²) in [6.07, 6.45) is 0. The number of aromatic amines is 2. The molecule has 3 N–H and O–H groups in total. The molecule has 3 heterocycles. The molecule has 0 aliphatic carbocycles. The number of likely N-dealkylation sites (N-methyl/N-ethyl adjacent to an activating group) is 2. The Kier molecular flexibility index (Phi) is 7.12. The van der Waals surface area contributed by atoms with Crippen LogP contribution in [-0.4, -0.2) is 83.3 Å². The number of oxazole rings is 1. The van der Waals surface area contributed by atoms with E-state index >= 15 is 0 Å². The summed E-state index contributed by atoms with van der Waals surface area (Å²) in [5, 5.41) is 12.2. The molecule has 210 valence electrons. The summed E-state index contributed by atoms with van der Waals surface area (Å²) in [5.74, 6) is -0.592. The summed E-state index contributed by atoms with van der Waals surface area (Å²) in [6.45, 7) is 4.02. The number of nitrogens with one attached hydrogen (secondary N) is 2. The van der Waals surface area contributed by atoms with Crippen LogP contribution in [-0.2, 0) is 4.79 Å². The van der Waals surface area contributed by atoms with Gasteiger partial charge in [-0.1, -0.05) is 17.7 Å². The Morgan fingerprint density at radius 1 is 1.02 bits per heavy atom. The first kappa shape index (κ1) is 26.8. The van der Waals surface area contributed by atoms with Gasteiger partial charge in [-0.15, -0.1) is 0 Å². The highest BCUT2D eigenvalue weighted by molar-refractivity contribution is 6.31. The molecular formula is C30H29ClN6O4. The number of aliphatic imine (C=N–C) groups is 1. The molecule has 3 aromatic carbocycles. The molecule has 10 nitrogen and oxygen atoms in total. The topological polar surface area (TPSA) is 121 Å². The highest BCUT2D eigenvalue weighted by Crippen LogP contribution is 2.33. The fourth-order valence-corrected chi connectivity index (χ4v) is 5.26. The van der Waals surface area contributed by atoms with Gasteiger partial charge in [0.2, 0.25) is 5.91 Å². The Balaban J connectivity index is 1.35. The molecule has 1 aliphatic heterocycles. The summed E-state index contributed by atoms with van der Waals surface area (Å²) in [7, 11) is 3.87. The number of benzene rings is 3. The Morgan fingerprint density at radius 2 is 1.78 bits per heavy atom. The second-order valence-electron chi connectivity index (χ2n) is 10.3. The van der Waals surface area contributed by atoms with Gasteiger partial charge in [0.25, 0.3) is 0 Å². The van der Waals surface area contributed by atoms with E-state index in [0.717, 1.165) is 37.3 Å². The lowest BCUT2D eigenvalue weighted by molar-refractivity contribution is -0.119. The van der Waals surface area contributed by atoms with Gasteiger partial charge in [0.15, 0.2) is 11.5 Å². The molecule has 0 spiro atoms. The van der Waals surface area contributed by atoms with Crippen LogP contribution in [0.25, 0.3) is 22.0 Å². The van der Waals surface area contributed by atoms with Crippen LogP contribution in [0.15, 0.2) is 74.9 Å². The summed E-state index contributed by atoms with van der Waals surface area (Å²) >= 11 is 6.19. The minimum Gasteiger partial charge on any atom is -0.494 e. The van der Waals surface area contributed by atoms with E-state index in [-0.39, 0.29) is 11.8 Å². The SMILES string of the molecule is CN1CCN(CC(=O)N(C)c2ccc(N=C(c3ccc4oc(=O)[nH]c4c3)c3c(O)[nH]c4cc(Cl)ccc34)cc2)CC1. The summed E-state index contributed by atoms with van der Waals surface area (Å²) < 4.78 is 5.17.